The van der Waals surface area contributed by atoms with Crippen LogP contribution in [0.4, 0.5) is 0 Å². The van der Waals surface area contributed by atoms with Gasteiger partial charge in [-0.15, -0.1) is 0 Å². The second-order valence-electron chi connectivity index (χ2n) is 3.51. The number of rotatable bonds is 3. The zero-order valence-electron chi connectivity index (χ0n) is 8.46. The number of allylic oxidation sites excluding steroid dienone is 2. The van der Waals surface area contributed by atoms with Gasteiger partial charge >= 0.3 is 0 Å². The zero-order valence-corrected chi connectivity index (χ0v) is 8.46. The summed E-state index contributed by atoms with van der Waals surface area (Å²) in [5.41, 5.74) is 2.63. The molecule has 1 nitrogen and oxygen atoms in total. The van der Waals surface area contributed by atoms with Gasteiger partial charge in [0, 0.05) is 11.7 Å². The normalized spacial score (nSPS) is 11.5. The molecule has 0 fully saturated rings. The van der Waals surface area contributed by atoms with Crippen molar-refractivity contribution in [3.05, 3.63) is 48.2 Å². The average molecular weight is 185 g/mol. The smallest absolute Gasteiger partial charge is 0.0454 e. The van der Waals surface area contributed by atoms with Crippen LogP contribution < -0.4 is 0 Å². The monoisotopic (exact) mass is 185 g/mol. The summed E-state index contributed by atoms with van der Waals surface area (Å²) in [6.07, 6.45) is 8.56. The van der Waals surface area contributed by atoms with Crippen molar-refractivity contribution in [1.82, 2.24) is 4.98 Å². The number of hydrogen-bond acceptors (Lipinski definition) is 0. The first kappa shape index (κ1) is 9.07. The molecule has 0 aliphatic heterocycles. The molecule has 0 amide bonds. The molecule has 72 valence electrons. The van der Waals surface area contributed by atoms with Crippen molar-refractivity contribution in [2.24, 2.45) is 0 Å². The third kappa shape index (κ3) is 1.87. The SMILES string of the molecule is CC=CCCc1ccc2[nH]ccc2c1. The number of benzene rings is 1. The van der Waals surface area contributed by atoms with Crippen LogP contribution in [0.2, 0.25) is 0 Å². The van der Waals surface area contributed by atoms with Crippen LogP contribution in [0.25, 0.3) is 10.9 Å². The number of aromatic amines is 1. The van der Waals surface area contributed by atoms with Crippen LogP contribution in [0.5, 0.6) is 0 Å². The summed E-state index contributed by atoms with van der Waals surface area (Å²) >= 11 is 0. The fourth-order valence-electron chi connectivity index (χ4n) is 1.67. The Labute approximate surface area is 84.5 Å². The molecule has 2 rings (SSSR count). The molecule has 0 saturated carbocycles. The summed E-state index contributed by atoms with van der Waals surface area (Å²) in [4.78, 5) is 3.20. The first-order valence-electron chi connectivity index (χ1n) is 5.07. The Bertz CT molecular complexity index is 437. The van der Waals surface area contributed by atoms with E-state index in [9.17, 15) is 0 Å². The van der Waals surface area contributed by atoms with E-state index in [1.165, 1.54) is 16.5 Å². The van der Waals surface area contributed by atoms with Gasteiger partial charge in [-0.05, 0) is 48.9 Å². The molecule has 0 radical (unpaired) electrons. The van der Waals surface area contributed by atoms with E-state index in [1.807, 2.05) is 6.20 Å². The van der Waals surface area contributed by atoms with Gasteiger partial charge in [0.15, 0.2) is 0 Å². The zero-order chi connectivity index (χ0) is 9.80. The Balaban J connectivity index is 2.17. The Kier molecular flexibility index (Phi) is 2.68. The van der Waals surface area contributed by atoms with Crippen LogP contribution in [-0.2, 0) is 6.42 Å². The van der Waals surface area contributed by atoms with E-state index in [1.54, 1.807) is 0 Å². The first-order chi connectivity index (χ1) is 6.90. The predicted octanol–water partition coefficient (Wildman–Crippen LogP) is 3.68. The summed E-state index contributed by atoms with van der Waals surface area (Å²) < 4.78 is 0. The quantitative estimate of drug-likeness (QED) is 0.702. The van der Waals surface area contributed by atoms with E-state index in [0.29, 0.717) is 0 Å². The molecule has 2 aromatic rings. The highest BCUT2D eigenvalue weighted by Gasteiger charge is 1.95. The van der Waals surface area contributed by atoms with Gasteiger partial charge in [0.25, 0.3) is 0 Å². The van der Waals surface area contributed by atoms with E-state index in [0.717, 1.165) is 12.8 Å². The second kappa shape index (κ2) is 4.14. The maximum absolute atomic E-state index is 3.20. The van der Waals surface area contributed by atoms with Crippen LogP contribution in [0.3, 0.4) is 0 Å². The fourth-order valence-corrected chi connectivity index (χ4v) is 1.67. The van der Waals surface area contributed by atoms with E-state index >= 15 is 0 Å². The number of aryl methyl sites for hydroxylation is 1. The van der Waals surface area contributed by atoms with Crippen LogP contribution >= 0.6 is 0 Å². The van der Waals surface area contributed by atoms with E-state index in [2.05, 4.69) is 48.3 Å². The van der Waals surface area contributed by atoms with Crippen LogP contribution in [-0.4, -0.2) is 4.98 Å². The van der Waals surface area contributed by atoms with Crippen LogP contribution in [0, 0.1) is 0 Å². The van der Waals surface area contributed by atoms with Gasteiger partial charge in [0.1, 0.15) is 0 Å². The Morgan fingerprint density at radius 3 is 3.07 bits per heavy atom. The van der Waals surface area contributed by atoms with Crippen molar-refractivity contribution >= 4 is 10.9 Å². The Hall–Kier alpha value is -1.50. The van der Waals surface area contributed by atoms with E-state index in [4.69, 9.17) is 0 Å². The van der Waals surface area contributed by atoms with Gasteiger partial charge in [-0.25, -0.2) is 0 Å². The minimum Gasteiger partial charge on any atom is -0.361 e. The lowest BCUT2D eigenvalue weighted by Gasteiger charge is -1.98. The molecule has 0 aliphatic rings. The summed E-state index contributed by atoms with van der Waals surface area (Å²) in [6, 6.07) is 8.73. The summed E-state index contributed by atoms with van der Waals surface area (Å²) in [6.45, 7) is 2.06. The molecule has 0 saturated heterocycles. The summed E-state index contributed by atoms with van der Waals surface area (Å²) in [7, 11) is 0. The maximum Gasteiger partial charge on any atom is 0.0454 e. The van der Waals surface area contributed by atoms with Gasteiger partial charge < -0.3 is 4.98 Å². The minimum absolute atomic E-state index is 1.13. The van der Waals surface area contributed by atoms with Crippen molar-refractivity contribution in [2.75, 3.05) is 0 Å². The highest BCUT2D eigenvalue weighted by molar-refractivity contribution is 5.79. The predicted molar refractivity (Wildman–Crippen MR) is 61.4 cm³/mol. The number of aromatic nitrogens is 1. The fraction of sp³-hybridized carbons (Fsp3) is 0.231. The number of nitrogens with one attached hydrogen (secondary N) is 1. The molecule has 1 aromatic heterocycles. The lowest BCUT2D eigenvalue weighted by Crippen LogP contribution is -1.82. The number of fused-ring (bicyclic) bond motifs is 1. The van der Waals surface area contributed by atoms with E-state index in [-0.39, 0.29) is 0 Å². The average Bonchev–Trinajstić information content (AvgIpc) is 2.65. The largest absolute Gasteiger partial charge is 0.361 e. The van der Waals surface area contributed by atoms with E-state index < -0.39 is 0 Å². The van der Waals surface area contributed by atoms with Crippen LogP contribution in [0.15, 0.2) is 42.6 Å². The van der Waals surface area contributed by atoms with Crippen molar-refractivity contribution in [3.63, 3.8) is 0 Å². The molecule has 0 aliphatic carbocycles. The van der Waals surface area contributed by atoms with Crippen molar-refractivity contribution in [1.29, 1.82) is 0 Å². The molecule has 14 heavy (non-hydrogen) atoms. The number of H-pyrrole nitrogens is 1. The van der Waals surface area contributed by atoms with Crippen molar-refractivity contribution < 1.29 is 0 Å². The lowest BCUT2D eigenvalue weighted by atomic mass is 10.1. The molecular weight excluding hydrogens is 170 g/mol. The summed E-state index contributed by atoms with van der Waals surface area (Å²) in [5.74, 6) is 0. The lowest BCUT2D eigenvalue weighted by molar-refractivity contribution is 1.00. The molecule has 0 bridgehead atoms. The molecule has 0 unspecified atom stereocenters. The minimum atomic E-state index is 1.13. The summed E-state index contributed by atoms with van der Waals surface area (Å²) in [5, 5.41) is 1.31. The standard InChI is InChI=1S/C13H15N/c1-2-3-4-5-11-6-7-13-12(10-11)8-9-14-13/h2-3,6-10,14H,4-5H2,1H3. The van der Waals surface area contributed by atoms with Gasteiger partial charge in [-0.3, -0.25) is 0 Å². The molecule has 1 heterocycles. The van der Waals surface area contributed by atoms with Gasteiger partial charge in [-0.2, -0.15) is 0 Å². The van der Waals surface area contributed by atoms with Crippen molar-refractivity contribution in [2.45, 2.75) is 19.8 Å². The first-order valence-corrected chi connectivity index (χ1v) is 5.07. The highest BCUT2D eigenvalue weighted by Crippen LogP contribution is 2.15. The maximum atomic E-state index is 3.20. The topological polar surface area (TPSA) is 15.8 Å². The third-order valence-electron chi connectivity index (χ3n) is 2.45. The second-order valence-corrected chi connectivity index (χ2v) is 3.51. The van der Waals surface area contributed by atoms with Gasteiger partial charge in [0.2, 0.25) is 0 Å². The van der Waals surface area contributed by atoms with Crippen molar-refractivity contribution in [3.8, 4) is 0 Å². The molecule has 0 spiro atoms. The molecule has 1 aromatic carbocycles. The Morgan fingerprint density at radius 1 is 1.29 bits per heavy atom. The van der Waals surface area contributed by atoms with Crippen LogP contribution in [0.1, 0.15) is 18.9 Å². The molecule has 1 heteroatoms. The molecular formula is C13H15N. The molecule has 1 N–H and O–H groups in total. The number of hydrogen-bond donors (Lipinski definition) is 1. The van der Waals surface area contributed by atoms with Gasteiger partial charge in [0.05, 0.1) is 0 Å². The molecule has 0 atom stereocenters. The van der Waals surface area contributed by atoms with Gasteiger partial charge in [-0.1, -0.05) is 18.2 Å². The third-order valence-corrected chi connectivity index (χ3v) is 2.45. The Morgan fingerprint density at radius 2 is 2.21 bits per heavy atom. The highest BCUT2D eigenvalue weighted by atomic mass is 14.7.